The molecule has 0 N–H and O–H groups in total. The number of benzene rings is 1. The second kappa shape index (κ2) is 8.81. The van der Waals surface area contributed by atoms with E-state index in [9.17, 15) is 4.79 Å². The van der Waals surface area contributed by atoms with Crippen molar-refractivity contribution in [3.63, 3.8) is 0 Å². The molecule has 0 fully saturated rings. The zero-order valence-electron chi connectivity index (χ0n) is 14.6. The number of nitrogens with zero attached hydrogens (tertiary/aromatic N) is 2. The molecule has 2 heterocycles. The van der Waals surface area contributed by atoms with Crippen molar-refractivity contribution in [2.75, 3.05) is 24.6 Å². The van der Waals surface area contributed by atoms with Crippen LogP contribution in [0.15, 0.2) is 46.8 Å². The number of amidine groups is 1. The Morgan fingerprint density at radius 2 is 2.04 bits per heavy atom. The van der Waals surface area contributed by atoms with Gasteiger partial charge in [0.2, 0.25) is 0 Å². The normalized spacial score (nSPS) is 14.5. The highest BCUT2D eigenvalue weighted by Gasteiger charge is 2.20. The Hall–Kier alpha value is -2.14. The van der Waals surface area contributed by atoms with Crippen LogP contribution in [0.2, 0.25) is 0 Å². The third-order valence-corrected chi connectivity index (χ3v) is 5.13. The lowest BCUT2D eigenvalue weighted by atomic mass is 10.1. The average Bonchev–Trinajstić information content (AvgIpc) is 3.04. The summed E-state index contributed by atoms with van der Waals surface area (Å²) >= 11 is 1.49. The van der Waals surface area contributed by atoms with Gasteiger partial charge in [0.1, 0.15) is 11.6 Å². The molecule has 0 atom stereocenters. The van der Waals surface area contributed by atoms with Gasteiger partial charge in [0.25, 0.3) is 0 Å². The van der Waals surface area contributed by atoms with Crippen LogP contribution in [0.25, 0.3) is 0 Å². The number of carbonyl (C=O) groups excluding carboxylic acids is 1. The molecular formula is C20H24N2O2S. The number of rotatable bonds is 6. The smallest absolute Gasteiger partial charge is 0.192 e. The van der Waals surface area contributed by atoms with E-state index in [1.54, 1.807) is 0 Å². The van der Waals surface area contributed by atoms with Crippen LogP contribution < -0.4 is 9.64 Å². The summed E-state index contributed by atoms with van der Waals surface area (Å²) in [6.45, 7) is 3.79. The summed E-state index contributed by atoms with van der Waals surface area (Å²) in [6, 6.07) is 11.7. The maximum atomic E-state index is 12.7. The molecule has 2 aromatic rings. The minimum atomic E-state index is 0.135. The molecular weight excluding hydrogens is 332 g/mol. The Morgan fingerprint density at radius 3 is 2.76 bits per heavy atom. The van der Waals surface area contributed by atoms with Crippen LogP contribution in [0.1, 0.15) is 42.3 Å². The van der Waals surface area contributed by atoms with Crippen LogP contribution in [0.5, 0.6) is 5.75 Å². The maximum Gasteiger partial charge on any atom is 0.192 e. The second-order valence-corrected chi connectivity index (χ2v) is 6.97. The molecule has 0 amide bonds. The minimum absolute atomic E-state index is 0.135. The fraction of sp³-hybridized carbons (Fsp3) is 0.400. The lowest BCUT2D eigenvalue weighted by Crippen LogP contribution is -2.35. The number of Topliss-reactive ketones (excluding diaryl/α,β-unsaturated/α-hetero) is 1. The summed E-state index contributed by atoms with van der Waals surface area (Å²) in [6.07, 6.45) is 4.37. The predicted octanol–water partition coefficient (Wildman–Crippen LogP) is 4.81. The van der Waals surface area contributed by atoms with E-state index in [0.29, 0.717) is 13.2 Å². The molecule has 0 unspecified atom stereocenters. The van der Waals surface area contributed by atoms with Gasteiger partial charge < -0.3 is 9.64 Å². The fourth-order valence-electron chi connectivity index (χ4n) is 2.96. The Labute approximate surface area is 153 Å². The molecule has 0 bridgehead atoms. The molecule has 0 aliphatic carbocycles. The first kappa shape index (κ1) is 17.7. The van der Waals surface area contributed by atoms with Crippen LogP contribution in [-0.2, 0) is 0 Å². The summed E-state index contributed by atoms with van der Waals surface area (Å²) in [7, 11) is 0. The molecule has 0 saturated carbocycles. The number of ether oxygens (including phenoxy) is 1. The van der Waals surface area contributed by atoms with Crippen molar-refractivity contribution in [2.24, 2.45) is 4.99 Å². The van der Waals surface area contributed by atoms with Crippen molar-refractivity contribution in [2.45, 2.75) is 32.6 Å². The Morgan fingerprint density at radius 1 is 1.20 bits per heavy atom. The third-order valence-electron chi connectivity index (χ3n) is 4.22. The number of thiophene rings is 1. The van der Waals surface area contributed by atoms with E-state index in [0.717, 1.165) is 48.0 Å². The van der Waals surface area contributed by atoms with Crippen LogP contribution in [0.3, 0.4) is 0 Å². The van der Waals surface area contributed by atoms with E-state index in [2.05, 4.69) is 4.90 Å². The molecule has 1 aromatic heterocycles. The zero-order chi connectivity index (χ0) is 17.5. The third kappa shape index (κ3) is 4.69. The zero-order valence-corrected chi connectivity index (χ0v) is 15.4. The first-order valence-electron chi connectivity index (χ1n) is 8.88. The summed E-state index contributed by atoms with van der Waals surface area (Å²) in [4.78, 5) is 20.3. The van der Waals surface area contributed by atoms with Crippen LogP contribution in [-0.4, -0.2) is 31.3 Å². The Balaban J connectivity index is 1.85. The van der Waals surface area contributed by atoms with Crippen LogP contribution in [0, 0.1) is 0 Å². The highest BCUT2D eigenvalue weighted by atomic mass is 32.1. The van der Waals surface area contributed by atoms with E-state index in [4.69, 9.17) is 9.73 Å². The van der Waals surface area contributed by atoms with Gasteiger partial charge in [0.15, 0.2) is 5.78 Å². The predicted molar refractivity (Wildman–Crippen MR) is 104 cm³/mol. The summed E-state index contributed by atoms with van der Waals surface area (Å²) in [5.74, 6) is 2.00. The van der Waals surface area contributed by atoms with E-state index >= 15 is 0 Å². The van der Waals surface area contributed by atoms with Crippen LogP contribution in [0.4, 0.5) is 5.69 Å². The van der Waals surface area contributed by atoms with Crippen molar-refractivity contribution >= 4 is 28.6 Å². The molecule has 25 heavy (non-hydrogen) atoms. The first-order valence-corrected chi connectivity index (χ1v) is 9.76. The quantitative estimate of drug-likeness (QED) is 0.698. The molecule has 132 valence electrons. The number of hydrogen-bond acceptors (Lipinski definition) is 5. The van der Waals surface area contributed by atoms with Gasteiger partial charge >= 0.3 is 0 Å². The number of ketones is 1. The van der Waals surface area contributed by atoms with Gasteiger partial charge in [-0.25, -0.2) is 0 Å². The monoisotopic (exact) mass is 356 g/mol. The van der Waals surface area contributed by atoms with Crippen molar-refractivity contribution in [3.8, 4) is 5.75 Å². The van der Waals surface area contributed by atoms with Crippen molar-refractivity contribution in [3.05, 3.63) is 46.7 Å². The van der Waals surface area contributed by atoms with Gasteiger partial charge in [-0.15, -0.1) is 11.3 Å². The maximum absolute atomic E-state index is 12.7. The number of hydrogen-bond donors (Lipinski definition) is 0. The molecule has 5 heteroatoms. The van der Waals surface area contributed by atoms with Gasteiger partial charge in [-0.1, -0.05) is 12.5 Å². The van der Waals surface area contributed by atoms with Crippen molar-refractivity contribution in [1.29, 1.82) is 0 Å². The summed E-state index contributed by atoms with van der Waals surface area (Å²) < 4.78 is 5.53. The molecule has 4 nitrogen and oxygen atoms in total. The average molecular weight is 356 g/mol. The van der Waals surface area contributed by atoms with Gasteiger partial charge in [-0.05, 0) is 55.5 Å². The lowest BCUT2D eigenvalue weighted by Gasteiger charge is -2.25. The molecule has 3 rings (SSSR count). The van der Waals surface area contributed by atoms with Gasteiger partial charge in [-0.2, -0.15) is 0 Å². The number of carbonyl (C=O) groups is 1. The van der Waals surface area contributed by atoms with E-state index < -0.39 is 0 Å². The topological polar surface area (TPSA) is 41.9 Å². The largest absolute Gasteiger partial charge is 0.494 e. The molecule has 1 aliphatic rings. The van der Waals surface area contributed by atoms with Crippen molar-refractivity contribution < 1.29 is 9.53 Å². The van der Waals surface area contributed by atoms with Gasteiger partial charge in [-0.3, -0.25) is 9.79 Å². The summed E-state index contributed by atoms with van der Waals surface area (Å²) in [5.41, 5.74) is 0.994. The first-order chi connectivity index (χ1) is 12.3. The second-order valence-electron chi connectivity index (χ2n) is 6.02. The van der Waals surface area contributed by atoms with Crippen molar-refractivity contribution in [1.82, 2.24) is 0 Å². The van der Waals surface area contributed by atoms with Crippen LogP contribution >= 0.6 is 11.3 Å². The SMILES string of the molecule is CCOc1ccc(N(CC(=O)c2cccs2)C2=NCCCCC2)cc1. The van der Waals surface area contributed by atoms with E-state index in [1.807, 2.05) is 48.7 Å². The molecule has 0 radical (unpaired) electrons. The standard InChI is InChI=1S/C20H24N2O2S/c1-2-24-17-11-9-16(10-12-17)22(20-8-4-3-5-13-21-20)15-18(23)19-7-6-14-25-19/h6-7,9-12,14H,2-5,8,13,15H2,1H3. The number of anilines is 1. The lowest BCUT2D eigenvalue weighted by molar-refractivity contribution is 0.101. The summed E-state index contributed by atoms with van der Waals surface area (Å²) in [5, 5.41) is 1.94. The fourth-order valence-corrected chi connectivity index (χ4v) is 3.62. The van der Waals surface area contributed by atoms with E-state index in [1.165, 1.54) is 17.8 Å². The Kier molecular flexibility index (Phi) is 6.23. The minimum Gasteiger partial charge on any atom is -0.494 e. The van der Waals surface area contributed by atoms with Gasteiger partial charge in [0, 0.05) is 18.7 Å². The number of aliphatic imine (C=N–C) groups is 1. The molecule has 1 aliphatic heterocycles. The van der Waals surface area contributed by atoms with E-state index in [-0.39, 0.29) is 5.78 Å². The highest BCUT2D eigenvalue weighted by molar-refractivity contribution is 7.12. The molecule has 0 saturated heterocycles. The van der Waals surface area contributed by atoms with Gasteiger partial charge in [0.05, 0.1) is 18.0 Å². The molecule has 0 spiro atoms. The highest BCUT2D eigenvalue weighted by Crippen LogP contribution is 2.23. The Bertz CT molecular complexity index is 708. The molecule has 1 aromatic carbocycles.